The van der Waals surface area contributed by atoms with Crippen molar-refractivity contribution < 1.29 is 5.11 Å². The summed E-state index contributed by atoms with van der Waals surface area (Å²) in [6.45, 7) is 2.26. The monoisotopic (exact) mass is 154 g/mol. The molecule has 0 bridgehead atoms. The fourth-order valence-corrected chi connectivity index (χ4v) is 2.45. The van der Waals surface area contributed by atoms with Gasteiger partial charge in [0.2, 0.25) is 0 Å². The quantitative estimate of drug-likeness (QED) is 0.614. The van der Waals surface area contributed by atoms with Gasteiger partial charge in [-0.05, 0) is 43.4 Å². The number of hydrogen-bond acceptors (Lipinski definition) is 1. The van der Waals surface area contributed by atoms with Crippen LogP contribution in [0.1, 0.15) is 39.0 Å². The van der Waals surface area contributed by atoms with E-state index in [-0.39, 0.29) is 6.10 Å². The molecule has 0 aromatic heterocycles. The average Bonchev–Trinajstić information content (AvgIpc) is 2.70. The van der Waals surface area contributed by atoms with Gasteiger partial charge < -0.3 is 5.11 Å². The lowest BCUT2D eigenvalue weighted by atomic mass is 9.78. The summed E-state index contributed by atoms with van der Waals surface area (Å²) in [7, 11) is 0. The fraction of sp³-hybridized carbons (Fsp3) is 1.00. The summed E-state index contributed by atoms with van der Waals surface area (Å²) in [6.07, 6.45) is 6.49. The van der Waals surface area contributed by atoms with E-state index in [1.807, 2.05) is 0 Å². The molecule has 64 valence electrons. The Morgan fingerprint density at radius 1 is 1.09 bits per heavy atom. The van der Waals surface area contributed by atoms with E-state index in [1.165, 1.54) is 25.7 Å². The maximum Gasteiger partial charge on any atom is 0.0573 e. The maximum absolute atomic E-state index is 9.75. The Hall–Kier alpha value is -0.0400. The molecule has 0 spiro atoms. The zero-order valence-corrected chi connectivity index (χ0v) is 7.29. The van der Waals surface area contributed by atoms with Gasteiger partial charge in [0.05, 0.1) is 6.10 Å². The predicted octanol–water partition coefficient (Wildman–Crippen LogP) is 2.19. The van der Waals surface area contributed by atoms with E-state index < -0.39 is 0 Å². The first-order chi connectivity index (χ1) is 5.27. The lowest BCUT2D eigenvalue weighted by Crippen LogP contribution is -2.29. The van der Waals surface area contributed by atoms with Crippen LogP contribution in [0.2, 0.25) is 0 Å². The van der Waals surface area contributed by atoms with Gasteiger partial charge in [0, 0.05) is 0 Å². The summed E-state index contributed by atoms with van der Waals surface area (Å²) in [5.41, 5.74) is 0. The molecule has 0 aromatic carbocycles. The van der Waals surface area contributed by atoms with Crippen LogP contribution in [0.25, 0.3) is 0 Å². The highest BCUT2D eigenvalue weighted by Crippen LogP contribution is 2.44. The van der Waals surface area contributed by atoms with Crippen molar-refractivity contribution in [2.45, 2.75) is 45.1 Å². The van der Waals surface area contributed by atoms with Crippen LogP contribution in [0, 0.1) is 17.8 Å². The molecule has 0 radical (unpaired) electrons. The molecule has 0 aliphatic heterocycles. The standard InChI is InChI=1S/C10H18O/c1-7-2-5-9(8-3-4-8)10(11)6-7/h7-11H,2-6H2,1H3. The van der Waals surface area contributed by atoms with Crippen LogP contribution in [0.15, 0.2) is 0 Å². The molecule has 1 nitrogen and oxygen atoms in total. The average molecular weight is 154 g/mol. The third-order valence-corrected chi connectivity index (χ3v) is 3.36. The minimum Gasteiger partial charge on any atom is -0.393 e. The topological polar surface area (TPSA) is 20.2 Å². The van der Waals surface area contributed by atoms with Crippen molar-refractivity contribution in [2.75, 3.05) is 0 Å². The second-order valence-corrected chi connectivity index (χ2v) is 4.49. The normalized spacial score (nSPS) is 45.8. The summed E-state index contributed by atoms with van der Waals surface area (Å²) in [4.78, 5) is 0. The largest absolute Gasteiger partial charge is 0.393 e. The molecule has 2 fully saturated rings. The zero-order chi connectivity index (χ0) is 7.84. The van der Waals surface area contributed by atoms with E-state index in [9.17, 15) is 5.11 Å². The van der Waals surface area contributed by atoms with Crippen molar-refractivity contribution in [3.8, 4) is 0 Å². The maximum atomic E-state index is 9.75. The number of aliphatic hydroxyl groups excluding tert-OH is 1. The lowest BCUT2D eigenvalue weighted by molar-refractivity contribution is 0.0382. The van der Waals surface area contributed by atoms with Gasteiger partial charge in [0.15, 0.2) is 0 Å². The molecule has 2 rings (SSSR count). The molecule has 2 aliphatic carbocycles. The Kier molecular flexibility index (Phi) is 1.92. The van der Waals surface area contributed by atoms with Crippen LogP contribution in [0.5, 0.6) is 0 Å². The molecule has 0 amide bonds. The van der Waals surface area contributed by atoms with Gasteiger partial charge in [0.1, 0.15) is 0 Å². The third-order valence-electron chi connectivity index (χ3n) is 3.36. The molecule has 11 heavy (non-hydrogen) atoms. The number of aliphatic hydroxyl groups is 1. The predicted molar refractivity (Wildman–Crippen MR) is 45.2 cm³/mol. The minimum absolute atomic E-state index is 0.0336. The molecule has 1 N–H and O–H groups in total. The SMILES string of the molecule is CC1CCC(C2CC2)C(O)C1. The smallest absolute Gasteiger partial charge is 0.0573 e. The van der Waals surface area contributed by atoms with Gasteiger partial charge >= 0.3 is 0 Å². The van der Waals surface area contributed by atoms with Crippen LogP contribution in [0.4, 0.5) is 0 Å². The summed E-state index contributed by atoms with van der Waals surface area (Å²) >= 11 is 0. The minimum atomic E-state index is 0.0336. The zero-order valence-electron chi connectivity index (χ0n) is 7.29. The number of hydrogen-bond donors (Lipinski definition) is 1. The molecule has 3 atom stereocenters. The van der Waals surface area contributed by atoms with Crippen molar-refractivity contribution in [3.05, 3.63) is 0 Å². The van der Waals surface area contributed by atoms with Gasteiger partial charge in [-0.25, -0.2) is 0 Å². The molecule has 1 heteroatoms. The molecule has 3 unspecified atom stereocenters. The van der Waals surface area contributed by atoms with Crippen LogP contribution >= 0.6 is 0 Å². The van der Waals surface area contributed by atoms with Crippen molar-refractivity contribution in [3.63, 3.8) is 0 Å². The highest BCUT2D eigenvalue weighted by molar-refractivity contribution is 4.89. The first kappa shape index (κ1) is 7.60. The van der Waals surface area contributed by atoms with Crippen molar-refractivity contribution >= 4 is 0 Å². The van der Waals surface area contributed by atoms with Crippen LogP contribution < -0.4 is 0 Å². The Morgan fingerprint density at radius 3 is 2.36 bits per heavy atom. The first-order valence-electron chi connectivity index (χ1n) is 4.95. The Labute approximate surface area is 68.8 Å². The van der Waals surface area contributed by atoms with E-state index in [2.05, 4.69) is 6.92 Å². The Balaban J connectivity index is 1.90. The summed E-state index contributed by atoms with van der Waals surface area (Å²) in [5, 5.41) is 9.75. The summed E-state index contributed by atoms with van der Waals surface area (Å²) < 4.78 is 0. The summed E-state index contributed by atoms with van der Waals surface area (Å²) in [6, 6.07) is 0. The molecule has 2 aliphatic rings. The molecule has 0 aromatic rings. The lowest BCUT2D eigenvalue weighted by Gasteiger charge is -2.31. The van der Waals surface area contributed by atoms with E-state index in [0.29, 0.717) is 5.92 Å². The van der Waals surface area contributed by atoms with E-state index in [1.54, 1.807) is 0 Å². The van der Waals surface area contributed by atoms with Crippen molar-refractivity contribution in [1.82, 2.24) is 0 Å². The van der Waals surface area contributed by atoms with E-state index in [0.717, 1.165) is 18.3 Å². The molecule has 0 heterocycles. The molecule has 0 saturated heterocycles. The van der Waals surface area contributed by atoms with Crippen LogP contribution in [-0.2, 0) is 0 Å². The van der Waals surface area contributed by atoms with Crippen LogP contribution in [-0.4, -0.2) is 11.2 Å². The van der Waals surface area contributed by atoms with Crippen molar-refractivity contribution in [2.24, 2.45) is 17.8 Å². The van der Waals surface area contributed by atoms with E-state index >= 15 is 0 Å². The third kappa shape index (κ3) is 1.58. The summed E-state index contributed by atoms with van der Waals surface area (Å²) in [5.74, 6) is 2.34. The van der Waals surface area contributed by atoms with Gasteiger partial charge in [0.25, 0.3) is 0 Å². The second-order valence-electron chi connectivity index (χ2n) is 4.49. The highest BCUT2D eigenvalue weighted by Gasteiger charge is 2.38. The van der Waals surface area contributed by atoms with Gasteiger partial charge in [-0.15, -0.1) is 0 Å². The molecular weight excluding hydrogens is 136 g/mol. The Bertz CT molecular complexity index is 140. The molecule has 2 saturated carbocycles. The van der Waals surface area contributed by atoms with Gasteiger partial charge in [-0.2, -0.15) is 0 Å². The Morgan fingerprint density at radius 2 is 1.82 bits per heavy atom. The van der Waals surface area contributed by atoms with Gasteiger partial charge in [-0.1, -0.05) is 13.3 Å². The molecular formula is C10H18O. The fourth-order valence-electron chi connectivity index (χ4n) is 2.45. The first-order valence-corrected chi connectivity index (χ1v) is 4.95. The van der Waals surface area contributed by atoms with Gasteiger partial charge in [-0.3, -0.25) is 0 Å². The van der Waals surface area contributed by atoms with Crippen molar-refractivity contribution in [1.29, 1.82) is 0 Å². The highest BCUT2D eigenvalue weighted by atomic mass is 16.3. The van der Waals surface area contributed by atoms with Crippen LogP contribution in [0.3, 0.4) is 0 Å². The number of rotatable bonds is 1. The van der Waals surface area contributed by atoms with E-state index in [4.69, 9.17) is 0 Å². The second kappa shape index (κ2) is 2.78.